The lowest BCUT2D eigenvalue weighted by molar-refractivity contribution is 0.165. The Labute approximate surface area is 126 Å². The van der Waals surface area contributed by atoms with Crippen LogP contribution in [0.5, 0.6) is 0 Å². The van der Waals surface area contributed by atoms with Crippen LogP contribution in [0.2, 0.25) is 10.0 Å². The summed E-state index contributed by atoms with van der Waals surface area (Å²) >= 11 is 11.9. The van der Waals surface area contributed by atoms with Gasteiger partial charge < -0.3 is 5.11 Å². The van der Waals surface area contributed by atoms with Crippen molar-refractivity contribution in [1.29, 1.82) is 0 Å². The predicted octanol–water partition coefficient (Wildman–Crippen LogP) is 2.56. The lowest BCUT2D eigenvalue weighted by atomic mass is 10.2. The van der Waals surface area contributed by atoms with Gasteiger partial charge in [-0.1, -0.05) is 23.2 Å². The molecule has 0 radical (unpaired) electrons. The van der Waals surface area contributed by atoms with E-state index in [9.17, 15) is 9.32 Å². The van der Waals surface area contributed by atoms with Crippen LogP contribution in [0, 0.1) is 0 Å². The second-order valence-corrected chi connectivity index (χ2v) is 7.02. The first-order valence-corrected chi connectivity index (χ1v) is 8.37. The van der Waals surface area contributed by atoms with Crippen LogP contribution in [0.1, 0.15) is 12.8 Å². The largest absolute Gasteiger partial charge is 0.395 e. The maximum atomic E-state index is 12.2. The van der Waals surface area contributed by atoms with Gasteiger partial charge in [-0.3, -0.25) is 9.11 Å². The van der Waals surface area contributed by atoms with Gasteiger partial charge in [0.2, 0.25) is 0 Å². The number of benzene rings is 1. The van der Waals surface area contributed by atoms with Crippen molar-refractivity contribution in [1.82, 2.24) is 4.90 Å². The van der Waals surface area contributed by atoms with Gasteiger partial charge in [-0.15, -0.1) is 0 Å². The Bertz CT molecular complexity index is 470. The van der Waals surface area contributed by atoms with Crippen LogP contribution in [0.3, 0.4) is 0 Å². The van der Waals surface area contributed by atoms with E-state index in [2.05, 4.69) is 4.90 Å². The van der Waals surface area contributed by atoms with Gasteiger partial charge in [0.25, 0.3) is 0 Å². The summed E-state index contributed by atoms with van der Waals surface area (Å²) in [6.45, 7) is 1.84. The minimum absolute atomic E-state index is 0.171. The molecule has 1 aromatic carbocycles. The summed E-state index contributed by atoms with van der Waals surface area (Å²) in [6, 6.07) is 5.23. The first kappa shape index (κ1) is 15.3. The highest BCUT2D eigenvalue weighted by Crippen LogP contribution is 2.24. The van der Waals surface area contributed by atoms with E-state index in [0.717, 1.165) is 19.4 Å². The van der Waals surface area contributed by atoms with E-state index in [1.807, 2.05) is 0 Å². The normalized spacial score (nSPS) is 21.7. The Balaban J connectivity index is 1.96. The standard InChI is InChI=1S/C13H17Cl2NO2S/c14-10-3-4-12(15)13(8-10)19(18)7-6-16-5-1-2-11(16)9-17/h3-4,8,11,17H,1-2,5-7,9H2/t11-,19?/m1/s1. The third kappa shape index (κ3) is 3.92. The number of nitrogens with zero attached hydrogens (tertiary/aromatic N) is 1. The summed E-state index contributed by atoms with van der Waals surface area (Å²) < 4.78 is 12.2. The first-order valence-electron chi connectivity index (χ1n) is 6.30. The van der Waals surface area contributed by atoms with Crippen molar-refractivity contribution in [2.75, 3.05) is 25.4 Å². The van der Waals surface area contributed by atoms with Gasteiger partial charge in [0.05, 0.1) is 27.3 Å². The zero-order valence-electron chi connectivity index (χ0n) is 10.5. The van der Waals surface area contributed by atoms with Gasteiger partial charge in [0, 0.05) is 23.4 Å². The molecule has 1 aliphatic heterocycles. The minimum Gasteiger partial charge on any atom is -0.395 e. The molecule has 106 valence electrons. The number of likely N-dealkylation sites (tertiary alicyclic amines) is 1. The molecule has 0 amide bonds. The van der Waals surface area contributed by atoms with Gasteiger partial charge in [-0.25, -0.2) is 0 Å². The van der Waals surface area contributed by atoms with Crippen LogP contribution >= 0.6 is 23.2 Å². The molecule has 1 heterocycles. The molecule has 1 aromatic rings. The van der Waals surface area contributed by atoms with E-state index < -0.39 is 10.8 Å². The molecule has 6 heteroatoms. The predicted molar refractivity (Wildman–Crippen MR) is 79.4 cm³/mol. The molecular weight excluding hydrogens is 305 g/mol. The van der Waals surface area contributed by atoms with Crippen molar-refractivity contribution in [3.05, 3.63) is 28.2 Å². The molecule has 3 nitrogen and oxygen atoms in total. The molecule has 0 aliphatic carbocycles. The van der Waals surface area contributed by atoms with Crippen LogP contribution in [0.15, 0.2) is 23.1 Å². The highest BCUT2D eigenvalue weighted by molar-refractivity contribution is 7.85. The second kappa shape index (κ2) is 7.04. The summed E-state index contributed by atoms with van der Waals surface area (Å²) in [5.41, 5.74) is 0. The fourth-order valence-corrected chi connectivity index (χ4v) is 4.13. The Kier molecular flexibility index (Phi) is 5.66. The van der Waals surface area contributed by atoms with Crippen LogP contribution in [-0.4, -0.2) is 45.7 Å². The lowest BCUT2D eigenvalue weighted by Crippen LogP contribution is -2.35. The summed E-state index contributed by atoms with van der Waals surface area (Å²) in [5.74, 6) is 0.510. The number of aliphatic hydroxyl groups is 1. The van der Waals surface area contributed by atoms with E-state index >= 15 is 0 Å². The van der Waals surface area contributed by atoms with Crippen molar-refractivity contribution in [3.63, 3.8) is 0 Å². The van der Waals surface area contributed by atoms with Crippen LogP contribution in [0.25, 0.3) is 0 Å². The summed E-state index contributed by atoms with van der Waals surface area (Å²) in [4.78, 5) is 2.78. The minimum atomic E-state index is -1.16. The Morgan fingerprint density at radius 1 is 1.42 bits per heavy atom. The van der Waals surface area contributed by atoms with Gasteiger partial charge in [-0.2, -0.15) is 0 Å². The third-order valence-electron chi connectivity index (χ3n) is 3.41. The molecular formula is C13H17Cl2NO2S. The molecule has 1 fully saturated rings. The van der Waals surface area contributed by atoms with E-state index in [0.29, 0.717) is 27.2 Å². The summed E-state index contributed by atoms with van der Waals surface area (Å²) in [6.07, 6.45) is 2.11. The van der Waals surface area contributed by atoms with Crippen LogP contribution in [0.4, 0.5) is 0 Å². The van der Waals surface area contributed by atoms with Crippen LogP contribution < -0.4 is 0 Å². The number of hydrogen-bond donors (Lipinski definition) is 1. The highest BCUT2D eigenvalue weighted by atomic mass is 35.5. The molecule has 1 aliphatic rings. The number of hydrogen-bond acceptors (Lipinski definition) is 3. The van der Waals surface area contributed by atoms with Gasteiger partial charge in [0.15, 0.2) is 0 Å². The molecule has 1 saturated heterocycles. The van der Waals surface area contributed by atoms with Gasteiger partial charge in [-0.05, 0) is 37.6 Å². The molecule has 0 aromatic heterocycles. The molecule has 1 unspecified atom stereocenters. The third-order valence-corrected chi connectivity index (χ3v) is 5.47. The van der Waals surface area contributed by atoms with Crippen molar-refractivity contribution >= 4 is 34.0 Å². The fraction of sp³-hybridized carbons (Fsp3) is 0.538. The zero-order chi connectivity index (χ0) is 13.8. The average molecular weight is 322 g/mol. The number of aliphatic hydroxyl groups excluding tert-OH is 1. The SMILES string of the molecule is O=S(CCN1CCC[C@@H]1CO)c1cc(Cl)ccc1Cl. The van der Waals surface area contributed by atoms with E-state index in [1.54, 1.807) is 18.2 Å². The second-order valence-electron chi connectivity index (χ2n) is 4.64. The van der Waals surface area contributed by atoms with Crippen molar-refractivity contribution in [2.45, 2.75) is 23.8 Å². The Morgan fingerprint density at radius 3 is 2.95 bits per heavy atom. The smallest absolute Gasteiger partial charge is 0.0589 e. The van der Waals surface area contributed by atoms with Crippen molar-refractivity contribution in [2.24, 2.45) is 0 Å². The molecule has 2 atom stereocenters. The number of halogens is 2. The van der Waals surface area contributed by atoms with Crippen molar-refractivity contribution < 1.29 is 9.32 Å². The maximum absolute atomic E-state index is 12.2. The maximum Gasteiger partial charge on any atom is 0.0589 e. The van der Waals surface area contributed by atoms with Crippen molar-refractivity contribution in [3.8, 4) is 0 Å². The summed E-state index contributed by atoms with van der Waals surface area (Å²) in [5, 5.41) is 10.3. The van der Waals surface area contributed by atoms with E-state index in [1.165, 1.54) is 0 Å². The summed E-state index contributed by atoms with van der Waals surface area (Å²) in [7, 11) is -1.16. The molecule has 1 N–H and O–H groups in total. The molecule has 2 rings (SSSR count). The van der Waals surface area contributed by atoms with Gasteiger partial charge in [0.1, 0.15) is 0 Å². The molecule has 0 saturated carbocycles. The quantitative estimate of drug-likeness (QED) is 0.906. The van der Waals surface area contributed by atoms with Gasteiger partial charge >= 0.3 is 0 Å². The first-order chi connectivity index (χ1) is 9.11. The topological polar surface area (TPSA) is 40.5 Å². The van der Waals surface area contributed by atoms with E-state index in [4.69, 9.17) is 23.2 Å². The lowest BCUT2D eigenvalue weighted by Gasteiger charge is -2.22. The van der Waals surface area contributed by atoms with Crippen LogP contribution in [-0.2, 0) is 10.8 Å². The Morgan fingerprint density at radius 2 is 2.21 bits per heavy atom. The Hall–Kier alpha value is -0.130. The number of rotatable bonds is 5. The monoisotopic (exact) mass is 321 g/mol. The highest BCUT2D eigenvalue weighted by Gasteiger charge is 2.24. The molecule has 0 bridgehead atoms. The molecule has 19 heavy (non-hydrogen) atoms. The van der Waals surface area contributed by atoms with E-state index in [-0.39, 0.29) is 12.6 Å². The molecule has 0 spiro atoms. The average Bonchev–Trinajstić information content (AvgIpc) is 2.86. The zero-order valence-corrected chi connectivity index (χ0v) is 12.8. The fourth-order valence-electron chi connectivity index (χ4n) is 2.36.